The van der Waals surface area contributed by atoms with Crippen molar-refractivity contribution >= 4 is 11.8 Å². The molecule has 3 rings (SSSR count). The van der Waals surface area contributed by atoms with Crippen LogP contribution in [0.4, 0.5) is 0 Å². The van der Waals surface area contributed by atoms with Gasteiger partial charge in [-0.15, -0.1) is 0 Å². The van der Waals surface area contributed by atoms with Crippen LogP contribution in [0.25, 0.3) is 0 Å². The molecule has 8 nitrogen and oxygen atoms in total. The van der Waals surface area contributed by atoms with E-state index in [9.17, 15) is 14.4 Å². The first-order valence-electron chi connectivity index (χ1n) is 8.39. The van der Waals surface area contributed by atoms with Crippen LogP contribution in [0.2, 0.25) is 0 Å². The lowest BCUT2D eigenvalue weighted by Gasteiger charge is -2.21. The number of piperidine rings is 1. The van der Waals surface area contributed by atoms with E-state index in [1.807, 2.05) is 0 Å². The Morgan fingerprint density at radius 2 is 2.21 bits per heavy atom. The first-order valence-corrected chi connectivity index (χ1v) is 8.39. The molecule has 0 radical (unpaired) electrons. The molecule has 1 aromatic heterocycles. The summed E-state index contributed by atoms with van der Waals surface area (Å²) in [4.78, 5) is 35.8. The zero-order valence-electron chi connectivity index (χ0n) is 13.5. The van der Waals surface area contributed by atoms with Crippen molar-refractivity contribution in [2.45, 2.75) is 38.3 Å². The summed E-state index contributed by atoms with van der Waals surface area (Å²) in [6.07, 6.45) is 3.51. The van der Waals surface area contributed by atoms with Crippen LogP contribution >= 0.6 is 0 Å². The normalized spacial score (nSPS) is 23.8. The van der Waals surface area contributed by atoms with Gasteiger partial charge in [0.15, 0.2) is 0 Å². The zero-order valence-corrected chi connectivity index (χ0v) is 13.5. The largest absolute Gasteiger partial charge is 0.376 e. The van der Waals surface area contributed by atoms with Crippen molar-refractivity contribution in [3.8, 4) is 0 Å². The second-order valence-corrected chi connectivity index (χ2v) is 6.21. The number of hydrogen-bond acceptors (Lipinski definition) is 5. The highest BCUT2D eigenvalue weighted by Gasteiger charge is 2.23. The summed E-state index contributed by atoms with van der Waals surface area (Å²) in [6, 6.07) is 2.74. The molecule has 2 unspecified atom stereocenters. The molecule has 2 aliphatic heterocycles. The van der Waals surface area contributed by atoms with Crippen LogP contribution in [0, 0.1) is 5.92 Å². The molecule has 0 bridgehead atoms. The number of aromatic nitrogens is 2. The lowest BCUT2D eigenvalue weighted by atomic mass is 9.99. The van der Waals surface area contributed by atoms with Gasteiger partial charge < -0.3 is 15.4 Å². The summed E-state index contributed by atoms with van der Waals surface area (Å²) in [5.74, 6) is -0.618. The van der Waals surface area contributed by atoms with E-state index in [4.69, 9.17) is 4.74 Å². The Morgan fingerprint density at radius 1 is 1.33 bits per heavy atom. The van der Waals surface area contributed by atoms with Crippen LogP contribution in [0.5, 0.6) is 0 Å². The molecular weight excluding hydrogens is 312 g/mol. The number of carbonyl (C=O) groups excluding carboxylic acids is 2. The topological polar surface area (TPSA) is 102 Å². The third kappa shape index (κ3) is 4.00. The van der Waals surface area contributed by atoms with Crippen LogP contribution in [-0.2, 0) is 16.1 Å². The number of rotatable bonds is 5. The Hall–Kier alpha value is -2.22. The molecule has 0 aliphatic carbocycles. The fourth-order valence-electron chi connectivity index (χ4n) is 3.02. The SMILES string of the molecule is O=C(NCC1CCCNC1=O)c1ccc(=O)n(CC2CCCO2)n1. The van der Waals surface area contributed by atoms with Gasteiger partial charge in [-0.05, 0) is 31.7 Å². The predicted octanol–water partition coefficient (Wildman–Crippen LogP) is -0.322. The van der Waals surface area contributed by atoms with Crippen molar-refractivity contribution in [3.05, 3.63) is 28.2 Å². The third-order valence-electron chi connectivity index (χ3n) is 4.41. The van der Waals surface area contributed by atoms with Crippen LogP contribution in [-0.4, -0.2) is 47.4 Å². The Bertz CT molecular complexity index is 666. The number of nitrogens with one attached hydrogen (secondary N) is 2. The Kier molecular flexibility index (Phi) is 5.24. The van der Waals surface area contributed by atoms with Crippen molar-refractivity contribution < 1.29 is 14.3 Å². The lowest BCUT2D eigenvalue weighted by Crippen LogP contribution is -2.43. The van der Waals surface area contributed by atoms with Crippen LogP contribution in [0.1, 0.15) is 36.2 Å². The maximum Gasteiger partial charge on any atom is 0.271 e. The number of carbonyl (C=O) groups is 2. The maximum absolute atomic E-state index is 12.2. The molecule has 130 valence electrons. The molecule has 2 N–H and O–H groups in total. The monoisotopic (exact) mass is 334 g/mol. The molecule has 2 saturated heterocycles. The number of ether oxygens (including phenoxy) is 1. The highest BCUT2D eigenvalue weighted by atomic mass is 16.5. The average Bonchev–Trinajstić information content (AvgIpc) is 3.09. The van der Waals surface area contributed by atoms with Gasteiger partial charge in [0.25, 0.3) is 11.5 Å². The van der Waals surface area contributed by atoms with Gasteiger partial charge in [-0.2, -0.15) is 5.10 Å². The van der Waals surface area contributed by atoms with Gasteiger partial charge in [0.2, 0.25) is 5.91 Å². The molecule has 8 heteroatoms. The highest BCUT2D eigenvalue weighted by Crippen LogP contribution is 2.13. The summed E-state index contributed by atoms with van der Waals surface area (Å²) in [6.45, 7) is 2.02. The summed E-state index contributed by atoms with van der Waals surface area (Å²) in [5.41, 5.74) is -0.0856. The molecule has 0 spiro atoms. The average molecular weight is 334 g/mol. The predicted molar refractivity (Wildman–Crippen MR) is 85.5 cm³/mol. The minimum Gasteiger partial charge on any atom is -0.376 e. The highest BCUT2D eigenvalue weighted by molar-refractivity contribution is 5.92. The Labute approximate surface area is 139 Å². The van der Waals surface area contributed by atoms with Crippen LogP contribution in [0.3, 0.4) is 0 Å². The molecule has 2 aliphatic rings. The van der Waals surface area contributed by atoms with Crippen molar-refractivity contribution in [2.75, 3.05) is 19.7 Å². The van der Waals surface area contributed by atoms with Crippen molar-refractivity contribution in [2.24, 2.45) is 5.92 Å². The second kappa shape index (κ2) is 7.57. The summed E-state index contributed by atoms with van der Waals surface area (Å²) in [5, 5.41) is 9.65. The maximum atomic E-state index is 12.2. The minimum atomic E-state index is -0.380. The van der Waals surface area contributed by atoms with Gasteiger partial charge in [0.05, 0.1) is 18.6 Å². The third-order valence-corrected chi connectivity index (χ3v) is 4.41. The molecule has 0 aromatic carbocycles. The number of hydrogen-bond donors (Lipinski definition) is 2. The number of amides is 2. The van der Waals surface area contributed by atoms with Gasteiger partial charge >= 0.3 is 0 Å². The van der Waals surface area contributed by atoms with Crippen LogP contribution in [0.15, 0.2) is 16.9 Å². The van der Waals surface area contributed by atoms with E-state index >= 15 is 0 Å². The van der Waals surface area contributed by atoms with Gasteiger partial charge in [0.1, 0.15) is 5.69 Å². The summed E-state index contributed by atoms with van der Waals surface area (Å²) < 4.78 is 6.78. The quantitative estimate of drug-likeness (QED) is 0.768. The first kappa shape index (κ1) is 16.6. The van der Waals surface area contributed by atoms with E-state index in [1.54, 1.807) is 0 Å². The van der Waals surface area contributed by atoms with E-state index in [0.717, 1.165) is 25.7 Å². The molecule has 2 amide bonds. The van der Waals surface area contributed by atoms with Crippen molar-refractivity contribution in [3.63, 3.8) is 0 Å². The molecule has 2 atom stereocenters. The smallest absolute Gasteiger partial charge is 0.271 e. The van der Waals surface area contributed by atoms with Crippen molar-refractivity contribution in [1.29, 1.82) is 0 Å². The minimum absolute atomic E-state index is 0.0283. The van der Waals surface area contributed by atoms with Gasteiger partial charge in [-0.1, -0.05) is 0 Å². The van der Waals surface area contributed by atoms with Gasteiger partial charge in [-0.3, -0.25) is 14.4 Å². The van der Waals surface area contributed by atoms with Gasteiger partial charge in [-0.25, -0.2) is 4.68 Å². The summed E-state index contributed by atoms with van der Waals surface area (Å²) >= 11 is 0. The van der Waals surface area contributed by atoms with Gasteiger partial charge in [0, 0.05) is 25.8 Å². The standard InChI is InChI=1S/C16H22N4O4/c21-14-6-5-13(19-20(14)10-12-4-2-8-24-12)16(23)18-9-11-3-1-7-17-15(11)22/h5-6,11-12H,1-4,7-10H2,(H,17,22)(H,18,23). The van der Waals surface area contributed by atoms with E-state index < -0.39 is 0 Å². The Balaban J connectivity index is 1.61. The van der Waals surface area contributed by atoms with E-state index in [2.05, 4.69) is 15.7 Å². The van der Waals surface area contributed by atoms with E-state index in [1.165, 1.54) is 16.8 Å². The van der Waals surface area contributed by atoms with Crippen LogP contribution < -0.4 is 16.2 Å². The lowest BCUT2D eigenvalue weighted by molar-refractivity contribution is -0.126. The molecular formula is C16H22N4O4. The molecule has 3 heterocycles. The molecule has 2 fully saturated rings. The number of nitrogens with zero attached hydrogens (tertiary/aromatic N) is 2. The van der Waals surface area contributed by atoms with E-state index in [0.29, 0.717) is 19.7 Å². The zero-order chi connectivity index (χ0) is 16.9. The second-order valence-electron chi connectivity index (χ2n) is 6.21. The fraction of sp³-hybridized carbons (Fsp3) is 0.625. The molecule has 0 saturated carbocycles. The fourth-order valence-corrected chi connectivity index (χ4v) is 3.02. The molecule has 24 heavy (non-hydrogen) atoms. The van der Waals surface area contributed by atoms with E-state index in [-0.39, 0.29) is 41.6 Å². The first-order chi connectivity index (χ1) is 11.6. The molecule has 1 aromatic rings. The Morgan fingerprint density at radius 3 is 2.96 bits per heavy atom. The van der Waals surface area contributed by atoms with Crippen molar-refractivity contribution in [1.82, 2.24) is 20.4 Å². The summed E-state index contributed by atoms with van der Waals surface area (Å²) in [7, 11) is 0.